The maximum absolute atomic E-state index is 12.3. The number of hydrogen-bond donors (Lipinski definition) is 1. The van der Waals surface area contributed by atoms with Crippen LogP contribution < -0.4 is 10.1 Å². The van der Waals surface area contributed by atoms with Gasteiger partial charge in [-0.25, -0.2) is 8.42 Å². The molecule has 0 spiro atoms. The zero-order valence-corrected chi connectivity index (χ0v) is 10.9. The molecule has 98 valence electrons. The third-order valence-corrected chi connectivity index (χ3v) is 4.89. The minimum absolute atomic E-state index is 0.312. The highest BCUT2D eigenvalue weighted by Crippen LogP contribution is 2.27. The van der Waals surface area contributed by atoms with Crippen molar-refractivity contribution in [2.24, 2.45) is 0 Å². The van der Waals surface area contributed by atoms with Crippen LogP contribution in [0.1, 0.15) is 0 Å². The van der Waals surface area contributed by atoms with Crippen molar-refractivity contribution in [2.75, 3.05) is 0 Å². The number of rotatable bonds is 4. The van der Waals surface area contributed by atoms with Gasteiger partial charge in [0.05, 0.1) is 4.90 Å². The number of benzene rings is 2. The summed E-state index contributed by atoms with van der Waals surface area (Å²) in [6, 6.07) is 17.6. The van der Waals surface area contributed by atoms with Crippen LogP contribution in [0.4, 0.5) is 0 Å². The van der Waals surface area contributed by atoms with Gasteiger partial charge in [0, 0.05) is 0 Å². The lowest BCUT2D eigenvalue weighted by Crippen LogP contribution is -2.14. The molecular formula is C14H13NO3S. The molecule has 0 amide bonds. The molecule has 1 fully saturated rings. The second kappa shape index (κ2) is 4.68. The summed E-state index contributed by atoms with van der Waals surface area (Å²) in [5, 5.41) is 2.17. The van der Waals surface area contributed by atoms with Crippen molar-refractivity contribution in [3.63, 3.8) is 0 Å². The molecule has 2 aromatic rings. The first kappa shape index (κ1) is 12.2. The summed E-state index contributed by atoms with van der Waals surface area (Å²) in [4.78, 5) is 0.312. The summed E-state index contributed by atoms with van der Waals surface area (Å²) in [6.45, 7) is 0. The molecule has 2 atom stereocenters. The molecule has 5 heteroatoms. The molecule has 2 aromatic carbocycles. The standard InChI is InChI=1S/C14H13NO3S/c16-19(17,12-9-5-2-6-10-12)14-13(15-14)18-11-7-3-1-4-8-11/h1-10,13-15H/t13-,14-/m1/s1. The van der Waals surface area contributed by atoms with Gasteiger partial charge >= 0.3 is 0 Å². The molecule has 1 heterocycles. The van der Waals surface area contributed by atoms with E-state index in [1.807, 2.05) is 18.2 Å². The van der Waals surface area contributed by atoms with Gasteiger partial charge in [0.1, 0.15) is 5.75 Å². The number of ether oxygens (including phenoxy) is 1. The second-order valence-electron chi connectivity index (χ2n) is 4.30. The predicted octanol–water partition coefficient (Wildman–Crippen LogP) is 1.79. The Kier molecular flexibility index (Phi) is 3.00. The first-order valence-corrected chi connectivity index (χ1v) is 7.49. The van der Waals surface area contributed by atoms with Gasteiger partial charge in [0.2, 0.25) is 0 Å². The third-order valence-electron chi connectivity index (χ3n) is 2.91. The van der Waals surface area contributed by atoms with Crippen LogP contribution in [0.15, 0.2) is 65.6 Å². The topological polar surface area (TPSA) is 65.3 Å². The quantitative estimate of drug-likeness (QED) is 0.864. The van der Waals surface area contributed by atoms with Gasteiger partial charge in [0.25, 0.3) is 0 Å². The van der Waals surface area contributed by atoms with Crippen LogP contribution >= 0.6 is 0 Å². The summed E-state index contributed by atoms with van der Waals surface area (Å²) in [5.41, 5.74) is 0. The van der Waals surface area contributed by atoms with Crippen LogP contribution in [-0.4, -0.2) is 20.0 Å². The van der Waals surface area contributed by atoms with Gasteiger partial charge in [-0.3, -0.25) is 5.32 Å². The first-order valence-electron chi connectivity index (χ1n) is 5.95. The molecule has 0 aliphatic carbocycles. The fourth-order valence-electron chi connectivity index (χ4n) is 1.86. The molecule has 0 aromatic heterocycles. The van der Waals surface area contributed by atoms with E-state index in [9.17, 15) is 8.42 Å². The SMILES string of the molecule is O=S(=O)(c1ccccc1)[C@H]1N[C@@H]1Oc1ccccc1. The van der Waals surface area contributed by atoms with Crippen molar-refractivity contribution in [3.8, 4) is 5.75 Å². The largest absolute Gasteiger partial charge is 0.472 e. The van der Waals surface area contributed by atoms with E-state index in [-0.39, 0.29) is 0 Å². The number of hydrogen-bond acceptors (Lipinski definition) is 4. The molecule has 1 N–H and O–H groups in total. The van der Waals surface area contributed by atoms with Crippen molar-refractivity contribution in [2.45, 2.75) is 16.5 Å². The van der Waals surface area contributed by atoms with E-state index in [0.29, 0.717) is 10.6 Å². The highest BCUT2D eigenvalue weighted by Gasteiger charge is 2.49. The zero-order chi connectivity index (χ0) is 13.3. The zero-order valence-electron chi connectivity index (χ0n) is 10.1. The first-order chi connectivity index (χ1) is 9.18. The van der Waals surface area contributed by atoms with E-state index in [0.717, 1.165) is 0 Å². The van der Waals surface area contributed by atoms with Crippen molar-refractivity contribution < 1.29 is 13.2 Å². The molecule has 4 nitrogen and oxygen atoms in total. The van der Waals surface area contributed by atoms with Crippen molar-refractivity contribution in [3.05, 3.63) is 60.7 Å². The minimum Gasteiger partial charge on any atom is -0.472 e. The fraction of sp³-hybridized carbons (Fsp3) is 0.143. The lowest BCUT2D eigenvalue weighted by atomic mass is 10.3. The van der Waals surface area contributed by atoms with Crippen molar-refractivity contribution in [1.29, 1.82) is 0 Å². The van der Waals surface area contributed by atoms with E-state index in [1.54, 1.807) is 42.5 Å². The van der Waals surface area contributed by atoms with E-state index in [2.05, 4.69) is 5.32 Å². The van der Waals surface area contributed by atoms with Crippen LogP contribution in [0.25, 0.3) is 0 Å². The molecule has 1 aliphatic rings. The van der Waals surface area contributed by atoms with E-state index < -0.39 is 21.4 Å². The Hall–Kier alpha value is -1.85. The van der Waals surface area contributed by atoms with Gasteiger partial charge in [-0.1, -0.05) is 36.4 Å². The Bertz CT molecular complexity index is 656. The van der Waals surface area contributed by atoms with Crippen molar-refractivity contribution in [1.82, 2.24) is 5.32 Å². The third kappa shape index (κ3) is 2.47. The van der Waals surface area contributed by atoms with E-state index in [1.165, 1.54) is 0 Å². The summed E-state index contributed by atoms with van der Waals surface area (Å²) < 4.78 is 30.1. The van der Waals surface area contributed by atoms with Crippen LogP contribution in [-0.2, 0) is 9.84 Å². The second-order valence-corrected chi connectivity index (χ2v) is 6.37. The molecule has 19 heavy (non-hydrogen) atoms. The smallest absolute Gasteiger partial charge is 0.199 e. The van der Waals surface area contributed by atoms with Crippen LogP contribution in [0.2, 0.25) is 0 Å². The van der Waals surface area contributed by atoms with Gasteiger partial charge in [-0.2, -0.15) is 0 Å². The molecule has 0 saturated carbocycles. The maximum atomic E-state index is 12.3. The summed E-state index contributed by atoms with van der Waals surface area (Å²) in [6.07, 6.45) is -0.479. The Morgan fingerprint density at radius 3 is 2.11 bits per heavy atom. The normalized spacial score (nSPS) is 21.9. The summed E-state index contributed by atoms with van der Waals surface area (Å²) >= 11 is 0. The molecule has 1 aliphatic heterocycles. The molecule has 0 unspecified atom stereocenters. The average Bonchev–Trinajstić information content (AvgIpc) is 3.21. The molecule has 1 saturated heterocycles. The highest BCUT2D eigenvalue weighted by atomic mass is 32.2. The highest BCUT2D eigenvalue weighted by molar-refractivity contribution is 7.92. The number of sulfone groups is 1. The van der Waals surface area contributed by atoms with E-state index in [4.69, 9.17) is 4.74 Å². The molecule has 3 rings (SSSR count). The molecule has 0 bridgehead atoms. The van der Waals surface area contributed by atoms with Gasteiger partial charge in [-0.05, 0) is 24.3 Å². The Morgan fingerprint density at radius 2 is 1.47 bits per heavy atom. The number of nitrogens with one attached hydrogen (secondary N) is 1. The maximum Gasteiger partial charge on any atom is 0.199 e. The minimum atomic E-state index is -3.37. The molecule has 0 radical (unpaired) electrons. The van der Waals surface area contributed by atoms with Gasteiger partial charge < -0.3 is 4.74 Å². The summed E-state index contributed by atoms with van der Waals surface area (Å²) in [7, 11) is -3.37. The monoisotopic (exact) mass is 275 g/mol. The lowest BCUT2D eigenvalue weighted by Gasteiger charge is -2.04. The Labute approximate surface area is 112 Å². The Balaban J connectivity index is 1.73. The fourth-order valence-corrected chi connectivity index (χ4v) is 3.38. The predicted molar refractivity (Wildman–Crippen MR) is 71.4 cm³/mol. The lowest BCUT2D eigenvalue weighted by molar-refractivity contribution is 0.295. The van der Waals surface area contributed by atoms with E-state index >= 15 is 0 Å². The van der Waals surface area contributed by atoms with Crippen molar-refractivity contribution >= 4 is 9.84 Å². The Morgan fingerprint density at radius 1 is 0.895 bits per heavy atom. The van der Waals surface area contributed by atoms with Gasteiger partial charge in [0.15, 0.2) is 21.4 Å². The van der Waals surface area contributed by atoms with Crippen LogP contribution in [0, 0.1) is 0 Å². The summed E-state index contributed by atoms with van der Waals surface area (Å²) in [5.74, 6) is 0.658. The van der Waals surface area contributed by atoms with Crippen LogP contribution in [0.5, 0.6) is 5.75 Å². The molecular weight excluding hydrogens is 262 g/mol. The van der Waals surface area contributed by atoms with Crippen LogP contribution in [0.3, 0.4) is 0 Å². The average molecular weight is 275 g/mol. The number of para-hydroxylation sites is 1. The van der Waals surface area contributed by atoms with Gasteiger partial charge in [-0.15, -0.1) is 0 Å².